The number of piperazine rings is 1. The smallest absolute Gasteiger partial charge is 0.272 e. The minimum atomic E-state index is -0.159. The molecular formula is C20H25N5O4. The lowest BCUT2D eigenvalue weighted by molar-refractivity contribution is -0.130. The Kier molecular flexibility index (Phi) is 6.83. The first-order valence-electron chi connectivity index (χ1n) is 9.45. The zero-order valence-corrected chi connectivity index (χ0v) is 16.6. The van der Waals surface area contributed by atoms with E-state index in [2.05, 4.69) is 15.3 Å². The van der Waals surface area contributed by atoms with Crippen molar-refractivity contribution in [3.63, 3.8) is 0 Å². The van der Waals surface area contributed by atoms with E-state index in [1.54, 1.807) is 29.2 Å². The Morgan fingerprint density at radius 2 is 1.69 bits per heavy atom. The number of aromatic nitrogens is 2. The third-order valence-corrected chi connectivity index (χ3v) is 4.60. The fraction of sp³-hybridized carbons (Fsp3) is 0.400. The number of rotatable bonds is 7. The standard InChI is InChI=1S/C20H25N5O4/c1-15(26)24-10-12-25(13-11-24)19(27)18-7-8-21-20(23-18)22-9-14-29-17-5-3-16(28-2)4-6-17/h3-8H,9-14H2,1-2H3,(H,21,22,23). The van der Waals surface area contributed by atoms with Gasteiger partial charge in [0.05, 0.1) is 13.7 Å². The van der Waals surface area contributed by atoms with Crippen LogP contribution < -0.4 is 14.8 Å². The summed E-state index contributed by atoms with van der Waals surface area (Å²) in [5, 5.41) is 3.06. The fourth-order valence-electron chi connectivity index (χ4n) is 2.95. The maximum absolute atomic E-state index is 12.7. The van der Waals surface area contributed by atoms with Gasteiger partial charge in [0.2, 0.25) is 11.9 Å². The summed E-state index contributed by atoms with van der Waals surface area (Å²) in [5.41, 5.74) is 0.329. The monoisotopic (exact) mass is 399 g/mol. The van der Waals surface area contributed by atoms with Crippen LogP contribution in [0.2, 0.25) is 0 Å². The molecule has 0 unspecified atom stereocenters. The van der Waals surface area contributed by atoms with Crippen molar-refractivity contribution in [2.75, 3.05) is 51.8 Å². The van der Waals surface area contributed by atoms with Crippen molar-refractivity contribution in [3.05, 3.63) is 42.2 Å². The molecule has 0 saturated carbocycles. The van der Waals surface area contributed by atoms with Crippen molar-refractivity contribution in [1.82, 2.24) is 19.8 Å². The molecule has 3 rings (SSSR count). The van der Waals surface area contributed by atoms with Crippen LogP contribution in [0.1, 0.15) is 17.4 Å². The Morgan fingerprint density at radius 1 is 1.03 bits per heavy atom. The topological polar surface area (TPSA) is 96.9 Å². The molecule has 154 valence electrons. The van der Waals surface area contributed by atoms with E-state index in [0.717, 1.165) is 11.5 Å². The maximum atomic E-state index is 12.7. The molecule has 1 N–H and O–H groups in total. The Hall–Kier alpha value is -3.36. The molecule has 0 aliphatic carbocycles. The first-order valence-corrected chi connectivity index (χ1v) is 9.45. The van der Waals surface area contributed by atoms with Gasteiger partial charge in [0.25, 0.3) is 5.91 Å². The van der Waals surface area contributed by atoms with E-state index in [-0.39, 0.29) is 11.8 Å². The van der Waals surface area contributed by atoms with Gasteiger partial charge < -0.3 is 24.6 Å². The highest BCUT2D eigenvalue weighted by Crippen LogP contribution is 2.16. The van der Waals surface area contributed by atoms with Crippen LogP contribution in [0.25, 0.3) is 0 Å². The second kappa shape index (κ2) is 9.72. The van der Waals surface area contributed by atoms with Gasteiger partial charge in [-0.05, 0) is 30.3 Å². The average Bonchev–Trinajstić information content (AvgIpc) is 2.77. The van der Waals surface area contributed by atoms with Gasteiger partial charge in [-0.3, -0.25) is 9.59 Å². The highest BCUT2D eigenvalue weighted by molar-refractivity contribution is 5.92. The molecule has 1 aliphatic heterocycles. The number of carbonyl (C=O) groups is 2. The van der Waals surface area contributed by atoms with E-state index in [1.165, 1.54) is 6.92 Å². The molecule has 1 saturated heterocycles. The van der Waals surface area contributed by atoms with Crippen molar-refractivity contribution >= 4 is 17.8 Å². The van der Waals surface area contributed by atoms with Gasteiger partial charge in [-0.15, -0.1) is 0 Å². The van der Waals surface area contributed by atoms with Crippen molar-refractivity contribution < 1.29 is 19.1 Å². The molecular weight excluding hydrogens is 374 g/mol. The van der Waals surface area contributed by atoms with Crippen LogP contribution in [0, 0.1) is 0 Å². The number of nitrogens with one attached hydrogen (secondary N) is 1. The van der Waals surface area contributed by atoms with Gasteiger partial charge in [-0.2, -0.15) is 0 Å². The Bertz CT molecular complexity index is 835. The number of ether oxygens (including phenoxy) is 2. The minimum absolute atomic E-state index is 0.0301. The predicted octanol–water partition coefficient (Wildman–Crippen LogP) is 1.28. The van der Waals surface area contributed by atoms with E-state index in [1.807, 2.05) is 24.3 Å². The van der Waals surface area contributed by atoms with E-state index in [4.69, 9.17) is 9.47 Å². The van der Waals surface area contributed by atoms with Crippen molar-refractivity contribution in [3.8, 4) is 11.5 Å². The van der Waals surface area contributed by atoms with Gasteiger partial charge in [0, 0.05) is 39.3 Å². The summed E-state index contributed by atoms with van der Waals surface area (Å²) in [5.74, 6) is 1.75. The molecule has 9 heteroatoms. The number of anilines is 1. The molecule has 2 aromatic rings. The Balaban J connectivity index is 1.47. The maximum Gasteiger partial charge on any atom is 0.272 e. The molecule has 1 aliphatic rings. The van der Waals surface area contributed by atoms with Crippen molar-refractivity contribution in [2.45, 2.75) is 6.92 Å². The molecule has 9 nitrogen and oxygen atoms in total. The molecule has 1 aromatic carbocycles. The van der Waals surface area contributed by atoms with Gasteiger partial charge in [-0.25, -0.2) is 9.97 Å². The zero-order valence-electron chi connectivity index (χ0n) is 16.6. The SMILES string of the molecule is COc1ccc(OCCNc2nccc(C(=O)N3CCN(C(C)=O)CC3)n2)cc1. The predicted molar refractivity (Wildman–Crippen MR) is 107 cm³/mol. The number of nitrogens with zero attached hydrogens (tertiary/aromatic N) is 4. The van der Waals surface area contributed by atoms with Gasteiger partial charge in [0.15, 0.2) is 0 Å². The number of amides is 2. The van der Waals surface area contributed by atoms with Crippen LogP contribution in [0.5, 0.6) is 11.5 Å². The molecule has 0 spiro atoms. The number of hydrogen-bond acceptors (Lipinski definition) is 7. The summed E-state index contributed by atoms with van der Waals surface area (Å²) in [6, 6.07) is 8.92. The van der Waals surface area contributed by atoms with Gasteiger partial charge in [-0.1, -0.05) is 0 Å². The second-order valence-electron chi connectivity index (χ2n) is 6.51. The number of benzene rings is 1. The van der Waals surface area contributed by atoms with Gasteiger partial charge >= 0.3 is 0 Å². The minimum Gasteiger partial charge on any atom is -0.497 e. The summed E-state index contributed by atoms with van der Waals surface area (Å²) in [6.07, 6.45) is 1.55. The van der Waals surface area contributed by atoms with Crippen LogP contribution in [0.4, 0.5) is 5.95 Å². The highest BCUT2D eigenvalue weighted by atomic mass is 16.5. The molecule has 1 aromatic heterocycles. The van der Waals surface area contributed by atoms with Gasteiger partial charge in [0.1, 0.15) is 23.8 Å². The molecule has 29 heavy (non-hydrogen) atoms. The lowest BCUT2D eigenvalue weighted by atomic mass is 10.2. The largest absolute Gasteiger partial charge is 0.497 e. The molecule has 2 amide bonds. The second-order valence-corrected chi connectivity index (χ2v) is 6.51. The third-order valence-electron chi connectivity index (χ3n) is 4.60. The number of methoxy groups -OCH3 is 1. The van der Waals surface area contributed by atoms with Crippen molar-refractivity contribution in [1.29, 1.82) is 0 Å². The summed E-state index contributed by atoms with van der Waals surface area (Å²) in [7, 11) is 1.62. The normalized spacial score (nSPS) is 13.7. The Morgan fingerprint density at radius 3 is 2.34 bits per heavy atom. The van der Waals surface area contributed by atoms with E-state index >= 15 is 0 Å². The lowest BCUT2D eigenvalue weighted by Gasteiger charge is -2.34. The van der Waals surface area contributed by atoms with Crippen LogP contribution in [-0.2, 0) is 4.79 Å². The molecule has 0 atom stereocenters. The van der Waals surface area contributed by atoms with E-state index < -0.39 is 0 Å². The molecule has 2 heterocycles. The van der Waals surface area contributed by atoms with Crippen LogP contribution >= 0.6 is 0 Å². The first-order chi connectivity index (χ1) is 14.1. The zero-order chi connectivity index (χ0) is 20.6. The quantitative estimate of drug-likeness (QED) is 0.701. The average molecular weight is 399 g/mol. The fourth-order valence-corrected chi connectivity index (χ4v) is 2.95. The van der Waals surface area contributed by atoms with Crippen LogP contribution in [-0.4, -0.2) is 78.0 Å². The summed E-state index contributed by atoms with van der Waals surface area (Å²) in [4.78, 5) is 36.0. The van der Waals surface area contributed by atoms with E-state index in [0.29, 0.717) is 51.0 Å². The van der Waals surface area contributed by atoms with Crippen molar-refractivity contribution in [2.24, 2.45) is 0 Å². The third kappa shape index (κ3) is 5.56. The highest BCUT2D eigenvalue weighted by Gasteiger charge is 2.24. The Labute approximate surface area is 169 Å². The molecule has 0 bridgehead atoms. The van der Waals surface area contributed by atoms with E-state index in [9.17, 15) is 9.59 Å². The lowest BCUT2D eigenvalue weighted by Crippen LogP contribution is -2.50. The summed E-state index contributed by atoms with van der Waals surface area (Å²) >= 11 is 0. The summed E-state index contributed by atoms with van der Waals surface area (Å²) < 4.78 is 10.8. The molecule has 1 fully saturated rings. The summed E-state index contributed by atoms with van der Waals surface area (Å²) in [6.45, 7) is 4.53. The number of hydrogen-bond donors (Lipinski definition) is 1. The number of carbonyl (C=O) groups excluding carboxylic acids is 2. The first kappa shape index (κ1) is 20.4. The van der Waals surface area contributed by atoms with Crippen LogP contribution in [0.15, 0.2) is 36.5 Å². The molecule has 0 radical (unpaired) electrons. The van der Waals surface area contributed by atoms with Crippen LogP contribution in [0.3, 0.4) is 0 Å².